The van der Waals surface area contributed by atoms with E-state index >= 15 is 0 Å². The van der Waals surface area contributed by atoms with Crippen LogP contribution in [0.4, 0.5) is 4.79 Å². The largest absolute Gasteiger partial charge is 0.480 e. The maximum absolute atomic E-state index is 12.3. The number of hydrogen-bond donors (Lipinski definition) is 1. The fourth-order valence-corrected chi connectivity index (χ4v) is 2.85. The third kappa shape index (κ3) is 3.47. The first-order valence-electron chi connectivity index (χ1n) is 7.19. The van der Waals surface area contributed by atoms with E-state index < -0.39 is 29.3 Å². The molecule has 2 aliphatic rings. The van der Waals surface area contributed by atoms with Crippen LogP contribution in [-0.4, -0.2) is 65.7 Å². The van der Waals surface area contributed by atoms with Crippen LogP contribution in [0.15, 0.2) is 0 Å². The van der Waals surface area contributed by atoms with Gasteiger partial charge in [-0.05, 0) is 20.8 Å². The number of amides is 1. The molecule has 1 amide bonds. The molecule has 120 valence electrons. The highest BCUT2D eigenvalue weighted by Crippen LogP contribution is 2.35. The standard InChI is InChI=1S/C14H23NO6/c1-13(2,3)21-12(18)15-6-9-20-14(10(15)11(16)17)4-7-19-8-5-14/h10H,4-9H2,1-3H3,(H,16,17). The zero-order chi connectivity index (χ0) is 15.7. The second-order valence-electron chi connectivity index (χ2n) is 6.44. The van der Waals surface area contributed by atoms with Gasteiger partial charge in [-0.1, -0.05) is 0 Å². The van der Waals surface area contributed by atoms with Gasteiger partial charge in [0.15, 0.2) is 6.04 Å². The number of aliphatic carboxylic acids is 1. The fourth-order valence-electron chi connectivity index (χ4n) is 2.85. The van der Waals surface area contributed by atoms with Crippen molar-refractivity contribution in [2.24, 2.45) is 0 Å². The first-order valence-corrected chi connectivity index (χ1v) is 7.19. The highest BCUT2D eigenvalue weighted by Gasteiger charge is 2.53. The summed E-state index contributed by atoms with van der Waals surface area (Å²) in [6.07, 6.45) is 0.316. The minimum atomic E-state index is -1.07. The summed E-state index contributed by atoms with van der Waals surface area (Å²) in [5.41, 5.74) is -1.54. The predicted octanol–water partition coefficient (Wildman–Crippen LogP) is 1.26. The number of hydrogen-bond acceptors (Lipinski definition) is 5. The van der Waals surface area contributed by atoms with Crippen molar-refractivity contribution < 1.29 is 28.9 Å². The van der Waals surface area contributed by atoms with Crippen molar-refractivity contribution in [1.29, 1.82) is 0 Å². The first kappa shape index (κ1) is 16.0. The molecule has 0 aliphatic carbocycles. The van der Waals surface area contributed by atoms with Gasteiger partial charge in [0, 0.05) is 32.6 Å². The van der Waals surface area contributed by atoms with Crippen LogP contribution in [0.25, 0.3) is 0 Å². The Bertz CT molecular complexity index is 405. The zero-order valence-corrected chi connectivity index (χ0v) is 12.8. The van der Waals surface area contributed by atoms with Gasteiger partial charge >= 0.3 is 12.1 Å². The molecule has 0 saturated carbocycles. The van der Waals surface area contributed by atoms with Gasteiger partial charge in [-0.15, -0.1) is 0 Å². The fraction of sp³-hybridized carbons (Fsp3) is 0.857. The van der Waals surface area contributed by atoms with Crippen LogP contribution in [-0.2, 0) is 19.0 Å². The summed E-state index contributed by atoms with van der Waals surface area (Å²) in [5.74, 6) is -1.07. The van der Waals surface area contributed by atoms with Crippen LogP contribution >= 0.6 is 0 Å². The highest BCUT2D eigenvalue weighted by atomic mass is 16.6. The minimum absolute atomic E-state index is 0.217. The van der Waals surface area contributed by atoms with Gasteiger partial charge in [0.1, 0.15) is 11.2 Å². The van der Waals surface area contributed by atoms with Crippen LogP contribution in [0, 0.1) is 0 Å². The number of carboxylic acids is 1. The van der Waals surface area contributed by atoms with E-state index in [1.165, 1.54) is 4.90 Å². The molecule has 2 heterocycles. The predicted molar refractivity (Wildman–Crippen MR) is 73.1 cm³/mol. The molecule has 7 heteroatoms. The molecule has 0 aromatic heterocycles. The Labute approximate surface area is 124 Å². The SMILES string of the molecule is CC(C)(C)OC(=O)N1CCOC2(CCOCC2)C1C(=O)O. The number of nitrogens with zero attached hydrogens (tertiary/aromatic N) is 1. The first-order chi connectivity index (χ1) is 9.75. The van der Waals surface area contributed by atoms with Crippen molar-refractivity contribution in [2.75, 3.05) is 26.4 Å². The Hall–Kier alpha value is -1.34. The lowest BCUT2D eigenvalue weighted by Gasteiger charge is -2.49. The van der Waals surface area contributed by atoms with Gasteiger partial charge in [-0.25, -0.2) is 9.59 Å². The summed E-state index contributed by atoms with van der Waals surface area (Å²) in [5, 5.41) is 9.60. The van der Waals surface area contributed by atoms with E-state index in [-0.39, 0.29) is 6.54 Å². The Balaban J connectivity index is 2.23. The summed E-state index contributed by atoms with van der Waals surface area (Å²) in [6, 6.07) is -1.04. The van der Waals surface area contributed by atoms with E-state index in [0.717, 1.165) is 0 Å². The number of rotatable bonds is 1. The average molecular weight is 301 g/mol. The van der Waals surface area contributed by atoms with Crippen LogP contribution < -0.4 is 0 Å². The lowest BCUT2D eigenvalue weighted by atomic mass is 9.84. The molecule has 2 aliphatic heterocycles. The summed E-state index contributed by atoms with van der Waals surface area (Å²) in [6.45, 7) is 6.66. The second kappa shape index (κ2) is 5.81. The monoisotopic (exact) mass is 301 g/mol. The van der Waals surface area contributed by atoms with E-state index in [0.29, 0.717) is 32.7 Å². The van der Waals surface area contributed by atoms with Gasteiger partial charge in [0.05, 0.1) is 6.61 Å². The molecule has 0 bridgehead atoms. The van der Waals surface area contributed by atoms with Crippen molar-refractivity contribution in [3.8, 4) is 0 Å². The van der Waals surface area contributed by atoms with E-state index in [9.17, 15) is 14.7 Å². The quantitative estimate of drug-likeness (QED) is 0.784. The van der Waals surface area contributed by atoms with Crippen molar-refractivity contribution in [2.45, 2.75) is 50.9 Å². The average Bonchev–Trinajstić information content (AvgIpc) is 2.36. The van der Waals surface area contributed by atoms with Gasteiger partial charge in [-0.3, -0.25) is 4.90 Å². The molecule has 2 rings (SSSR count). The molecule has 7 nitrogen and oxygen atoms in total. The molecule has 0 aromatic carbocycles. The molecular weight excluding hydrogens is 278 g/mol. The minimum Gasteiger partial charge on any atom is -0.480 e. The van der Waals surface area contributed by atoms with Crippen molar-refractivity contribution in [3.05, 3.63) is 0 Å². The van der Waals surface area contributed by atoms with Gasteiger partial charge in [-0.2, -0.15) is 0 Å². The Kier molecular flexibility index (Phi) is 4.43. The topological polar surface area (TPSA) is 85.3 Å². The van der Waals surface area contributed by atoms with Crippen LogP contribution in [0.2, 0.25) is 0 Å². The molecule has 2 fully saturated rings. The van der Waals surface area contributed by atoms with Gasteiger partial charge in [0.2, 0.25) is 0 Å². The second-order valence-corrected chi connectivity index (χ2v) is 6.44. The third-order valence-electron chi connectivity index (χ3n) is 3.73. The highest BCUT2D eigenvalue weighted by molar-refractivity contribution is 5.82. The molecule has 1 N–H and O–H groups in total. The molecular formula is C14H23NO6. The van der Waals surface area contributed by atoms with Crippen LogP contribution in [0.3, 0.4) is 0 Å². The summed E-state index contributed by atoms with van der Waals surface area (Å²) >= 11 is 0. The number of carbonyl (C=O) groups excluding carboxylic acids is 1. The maximum atomic E-state index is 12.3. The van der Waals surface area contributed by atoms with Crippen molar-refractivity contribution in [1.82, 2.24) is 4.90 Å². The summed E-state index contributed by atoms with van der Waals surface area (Å²) < 4.78 is 16.4. The van der Waals surface area contributed by atoms with E-state index in [4.69, 9.17) is 14.2 Å². The van der Waals surface area contributed by atoms with Crippen molar-refractivity contribution >= 4 is 12.1 Å². The molecule has 2 saturated heterocycles. The number of carbonyl (C=O) groups is 2. The molecule has 1 unspecified atom stereocenters. The molecule has 0 aromatic rings. The van der Waals surface area contributed by atoms with Crippen molar-refractivity contribution in [3.63, 3.8) is 0 Å². The van der Waals surface area contributed by atoms with Gasteiger partial charge in [0.25, 0.3) is 0 Å². The smallest absolute Gasteiger partial charge is 0.411 e. The molecule has 0 radical (unpaired) electrons. The van der Waals surface area contributed by atoms with E-state index in [2.05, 4.69) is 0 Å². The third-order valence-corrected chi connectivity index (χ3v) is 3.73. The van der Waals surface area contributed by atoms with Crippen LogP contribution in [0.5, 0.6) is 0 Å². The summed E-state index contributed by atoms with van der Waals surface area (Å²) in [7, 11) is 0. The summed E-state index contributed by atoms with van der Waals surface area (Å²) in [4.78, 5) is 25.3. The van der Waals surface area contributed by atoms with Crippen LogP contribution in [0.1, 0.15) is 33.6 Å². The Morgan fingerprint density at radius 3 is 2.38 bits per heavy atom. The zero-order valence-electron chi connectivity index (χ0n) is 12.8. The van der Waals surface area contributed by atoms with E-state index in [1.54, 1.807) is 20.8 Å². The lowest BCUT2D eigenvalue weighted by Crippen LogP contribution is -2.66. The Morgan fingerprint density at radius 2 is 1.86 bits per heavy atom. The number of ether oxygens (including phenoxy) is 3. The maximum Gasteiger partial charge on any atom is 0.411 e. The Morgan fingerprint density at radius 1 is 1.24 bits per heavy atom. The van der Waals surface area contributed by atoms with E-state index in [1.807, 2.05) is 0 Å². The number of carboxylic acid groups (broad SMARTS) is 1. The molecule has 1 spiro atoms. The van der Waals surface area contributed by atoms with Gasteiger partial charge < -0.3 is 19.3 Å². The molecule has 21 heavy (non-hydrogen) atoms. The number of morpholine rings is 1. The normalized spacial score (nSPS) is 25.7. The molecule has 1 atom stereocenters. The lowest BCUT2D eigenvalue weighted by molar-refractivity contribution is -0.196.